The minimum atomic E-state index is -0.603. The topological polar surface area (TPSA) is 57.2 Å². The second-order valence-corrected chi connectivity index (χ2v) is 5.82. The summed E-state index contributed by atoms with van der Waals surface area (Å²) in [6.45, 7) is 2.17. The van der Waals surface area contributed by atoms with Crippen molar-refractivity contribution in [1.82, 2.24) is 4.90 Å². The maximum Gasteiger partial charge on any atom is 0.263 e. The van der Waals surface area contributed by atoms with Gasteiger partial charge >= 0.3 is 0 Å². The second-order valence-electron chi connectivity index (χ2n) is 5.82. The normalized spacial score (nSPS) is 11.4. The average molecular weight is 359 g/mol. The van der Waals surface area contributed by atoms with E-state index in [0.717, 1.165) is 11.3 Å². The first-order chi connectivity index (χ1) is 12.5. The number of likely N-dealkylation sites (N-methyl/N-ethyl adjacent to an activating group) is 1. The summed E-state index contributed by atoms with van der Waals surface area (Å²) in [6, 6.07) is 12.7. The molecular weight excluding hydrogens is 334 g/mol. The van der Waals surface area contributed by atoms with Gasteiger partial charge in [0, 0.05) is 13.6 Å². The number of amides is 1. The molecule has 0 spiro atoms. The average Bonchev–Trinajstić information content (AvgIpc) is 2.67. The molecule has 0 heterocycles. The van der Waals surface area contributed by atoms with Crippen LogP contribution >= 0.6 is 0 Å². The van der Waals surface area contributed by atoms with Gasteiger partial charge in [0.05, 0.1) is 21.3 Å². The van der Waals surface area contributed by atoms with E-state index in [1.165, 1.54) is 0 Å². The molecule has 0 bridgehead atoms. The molecule has 0 aliphatic carbocycles. The lowest BCUT2D eigenvalue weighted by atomic mass is 10.2. The number of hydrogen-bond acceptors (Lipinski definition) is 5. The first-order valence-electron chi connectivity index (χ1n) is 8.25. The molecule has 1 atom stereocenters. The summed E-state index contributed by atoms with van der Waals surface area (Å²) in [5.41, 5.74) is 0.940. The summed E-state index contributed by atoms with van der Waals surface area (Å²) in [5.74, 6) is 2.53. The monoisotopic (exact) mass is 359 g/mol. The molecule has 0 saturated carbocycles. The second kappa shape index (κ2) is 8.99. The molecule has 1 amide bonds. The zero-order valence-electron chi connectivity index (χ0n) is 15.8. The van der Waals surface area contributed by atoms with Crippen molar-refractivity contribution < 1.29 is 23.7 Å². The van der Waals surface area contributed by atoms with Crippen molar-refractivity contribution >= 4 is 5.91 Å². The fraction of sp³-hybridized carbons (Fsp3) is 0.350. The summed E-state index contributed by atoms with van der Waals surface area (Å²) in [6.07, 6.45) is -0.603. The Bertz CT molecular complexity index is 729. The fourth-order valence-corrected chi connectivity index (χ4v) is 2.55. The Balaban J connectivity index is 1.99. The van der Waals surface area contributed by atoms with Gasteiger partial charge in [-0.25, -0.2) is 0 Å². The number of hydrogen-bond donors (Lipinski definition) is 0. The highest BCUT2D eigenvalue weighted by molar-refractivity contribution is 5.80. The molecule has 26 heavy (non-hydrogen) atoms. The van der Waals surface area contributed by atoms with Gasteiger partial charge in [0.25, 0.3) is 5.91 Å². The first-order valence-corrected chi connectivity index (χ1v) is 8.25. The molecule has 6 nitrogen and oxygen atoms in total. The SMILES string of the molecule is COc1ccc(O[C@@H](C)C(=O)N(C)Cc2ccc(OC)c(OC)c2)cc1. The zero-order chi connectivity index (χ0) is 19.1. The Kier molecular flexibility index (Phi) is 6.72. The predicted molar refractivity (Wildman–Crippen MR) is 99.1 cm³/mol. The highest BCUT2D eigenvalue weighted by Crippen LogP contribution is 2.28. The van der Waals surface area contributed by atoms with Crippen LogP contribution in [0.2, 0.25) is 0 Å². The van der Waals surface area contributed by atoms with Crippen LogP contribution in [0, 0.1) is 0 Å². The molecule has 0 N–H and O–H groups in total. The van der Waals surface area contributed by atoms with Gasteiger partial charge < -0.3 is 23.8 Å². The maximum absolute atomic E-state index is 12.6. The van der Waals surface area contributed by atoms with Crippen LogP contribution < -0.4 is 18.9 Å². The molecule has 0 fully saturated rings. The Morgan fingerprint density at radius 2 is 1.54 bits per heavy atom. The Labute approximate surface area is 154 Å². The largest absolute Gasteiger partial charge is 0.497 e. The molecule has 0 aliphatic rings. The summed E-state index contributed by atoms with van der Waals surface area (Å²) >= 11 is 0. The van der Waals surface area contributed by atoms with Gasteiger partial charge in [-0.1, -0.05) is 6.07 Å². The van der Waals surface area contributed by atoms with Crippen LogP contribution in [0.25, 0.3) is 0 Å². The molecule has 2 aromatic carbocycles. The van der Waals surface area contributed by atoms with Crippen molar-refractivity contribution in [3.63, 3.8) is 0 Å². The summed E-state index contributed by atoms with van der Waals surface area (Å²) in [4.78, 5) is 14.2. The number of methoxy groups -OCH3 is 3. The van der Waals surface area contributed by atoms with Crippen LogP contribution in [0.1, 0.15) is 12.5 Å². The van der Waals surface area contributed by atoms with Gasteiger partial charge in [-0.2, -0.15) is 0 Å². The number of carbonyl (C=O) groups is 1. The molecule has 0 saturated heterocycles. The molecule has 2 aromatic rings. The van der Waals surface area contributed by atoms with E-state index in [2.05, 4.69) is 0 Å². The minimum Gasteiger partial charge on any atom is -0.497 e. The van der Waals surface area contributed by atoms with E-state index in [0.29, 0.717) is 23.8 Å². The van der Waals surface area contributed by atoms with E-state index >= 15 is 0 Å². The number of ether oxygens (including phenoxy) is 4. The fourth-order valence-electron chi connectivity index (χ4n) is 2.55. The number of rotatable bonds is 8. The number of benzene rings is 2. The van der Waals surface area contributed by atoms with Gasteiger partial charge in [0.15, 0.2) is 17.6 Å². The standard InChI is InChI=1S/C20H25NO5/c1-14(26-17-9-7-16(23-3)8-10-17)20(22)21(2)13-15-6-11-18(24-4)19(12-15)25-5/h6-12,14H,13H2,1-5H3/t14-/m0/s1. The third-order valence-corrected chi connectivity index (χ3v) is 3.96. The molecule has 0 aliphatic heterocycles. The molecule has 6 heteroatoms. The maximum atomic E-state index is 12.6. The Hall–Kier alpha value is -2.89. The van der Waals surface area contributed by atoms with Gasteiger partial charge in [0.2, 0.25) is 0 Å². The number of nitrogens with zero attached hydrogens (tertiary/aromatic N) is 1. The van der Waals surface area contributed by atoms with Gasteiger partial charge in [-0.05, 0) is 48.9 Å². The van der Waals surface area contributed by atoms with Crippen molar-refractivity contribution in [2.45, 2.75) is 19.6 Å². The summed E-state index contributed by atoms with van der Waals surface area (Å²) in [5, 5.41) is 0. The molecular formula is C20H25NO5. The third-order valence-electron chi connectivity index (χ3n) is 3.96. The van der Waals surface area contributed by atoms with Gasteiger partial charge in [0.1, 0.15) is 11.5 Å². The van der Waals surface area contributed by atoms with E-state index in [9.17, 15) is 4.79 Å². The van der Waals surface area contributed by atoms with Crippen molar-refractivity contribution in [1.29, 1.82) is 0 Å². The molecule has 0 aromatic heterocycles. The summed E-state index contributed by atoms with van der Waals surface area (Å²) < 4.78 is 21.4. The van der Waals surface area contributed by atoms with Crippen molar-refractivity contribution in [2.24, 2.45) is 0 Å². The van der Waals surface area contributed by atoms with Crippen LogP contribution in [0.5, 0.6) is 23.0 Å². The summed E-state index contributed by atoms with van der Waals surface area (Å²) in [7, 11) is 6.52. The van der Waals surface area contributed by atoms with Crippen LogP contribution in [0.4, 0.5) is 0 Å². The Morgan fingerprint density at radius 1 is 0.923 bits per heavy atom. The highest BCUT2D eigenvalue weighted by Gasteiger charge is 2.20. The lowest BCUT2D eigenvalue weighted by molar-refractivity contribution is -0.137. The molecule has 140 valence electrons. The lowest BCUT2D eigenvalue weighted by Gasteiger charge is -2.22. The lowest BCUT2D eigenvalue weighted by Crippen LogP contribution is -2.37. The van der Waals surface area contributed by atoms with E-state index in [1.54, 1.807) is 64.5 Å². The van der Waals surface area contributed by atoms with E-state index in [1.807, 2.05) is 18.2 Å². The van der Waals surface area contributed by atoms with Crippen LogP contribution in [0.3, 0.4) is 0 Å². The Morgan fingerprint density at radius 3 is 2.12 bits per heavy atom. The predicted octanol–water partition coefficient (Wildman–Crippen LogP) is 3.14. The molecule has 0 radical (unpaired) electrons. The highest BCUT2D eigenvalue weighted by atomic mass is 16.5. The van der Waals surface area contributed by atoms with E-state index < -0.39 is 6.10 Å². The van der Waals surface area contributed by atoms with E-state index in [-0.39, 0.29) is 5.91 Å². The molecule has 2 rings (SSSR count). The van der Waals surface area contributed by atoms with Crippen LogP contribution in [0.15, 0.2) is 42.5 Å². The van der Waals surface area contributed by atoms with Crippen molar-refractivity contribution in [3.8, 4) is 23.0 Å². The number of carbonyl (C=O) groups excluding carboxylic acids is 1. The smallest absolute Gasteiger partial charge is 0.263 e. The van der Waals surface area contributed by atoms with Crippen LogP contribution in [-0.4, -0.2) is 45.3 Å². The first kappa shape index (κ1) is 19.4. The van der Waals surface area contributed by atoms with Crippen molar-refractivity contribution in [2.75, 3.05) is 28.4 Å². The van der Waals surface area contributed by atoms with Crippen LogP contribution in [-0.2, 0) is 11.3 Å². The quantitative estimate of drug-likeness (QED) is 0.725. The molecule has 0 unspecified atom stereocenters. The minimum absolute atomic E-state index is 0.115. The van der Waals surface area contributed by atoms with Gasteiger partial charge in [-0.3, -0.25) is 4.79 Å². The van der Waals surface area contributed by atoms with Gasteiger partial charge in [-0.15, -0.1) is 0 Å². The zero-order valence-corrected chi connectivity index (χ0v) is 15.8. The third kappa shape index (κ3) is 4.81. The van der Waals surface area contributed by atoms with Crippen molar-refractivity contribution in [3.05, 3.63) is 48.0 Å². The van der Waals surface area contributed by atoms with E-state index in [4.69, 9.17) is 18.9 Å².